The molecule has 0 saturated carbocycles. The maximum atomic E-state index is 6.91. The van der Waals surface area contributed by atoms with E-state index in [2.05, 4.69) is 176 Å². The summed E-state index contributed by atoms with van der Waals surface area (Å²) in [6, 6.07) is 60.2. The van der Waals surface area contributed by atoms with Crippen LogP contribution in [0.5, 0.6) is 5.75 Å². The van der Waals surface area contributed by atoms with Crippen LogP contribution in [0.1, 0.15) is 23.5 Å². The number of hydrogen-bond donors (Lipinski definition) is 0. The summed E-state index contributed by atoms with van der Waals surface area (Å²) in [5.41, 5.74) is 9.06. The molecule has 1 aromatic heterocycles. The molecule has 0 bridgehead atoms. The van der Waals surface area contributed by atoms with Crippen molar-refractivity contribution in [2.75, 3.05) is 0 Å². The quantitative estimate of drug-likeness (QED) is 0.166. The predicted octanol–water partition coefficient (Wildman–Crippen LogP) is 14.8. The van der Waals surface area contributed by atoms with Crippen molar-refractivity contribution in [3.63, 3.8) is 0 Å². The number of rotatable bonds is 3. The lowest BCUT2D eigenvalue weighted by molar-refractivity contribution is 0.431. The van der Waals surface area contributed by atoms with E-state index in [9.17, 15) is 0 Å². The van der Waals surface area contributed by atoms with E-state index >= 15 is 0 Å². The van der Waals surface area contributed by atoms with Crippen LogP contribution in [0.4, 0.5) is 0 Å². The van der Waals surface area contributed by atoms with Gasteiger partial charge in [0.05, 0.1) is 10.6 Å². The van der Waals surface area contributed by atoms with Gasteiger partial charge < -0.3 is 4.74 Å². The van der Waals surface area contributed by atoms with E-state index in [-0.39, 0.29) is 5.92 Å². The molecule has 1 unspecified atom stereocenters. The fourth-order valence-corrected chi connectivity index (χ4v) is 10.8. The van der Waals surface area contributed by atoms with Crippen LogP contribution in [0.3, 0.4) is 0 Å². The lowest BCUT2D eigenvalue weighted by Crippen LogP contribution is -2.06. The minimum atomic E-state index is 0.145. The third kappa shape index (κ3) is 4.20. The maximum Gasteiger partial charge on any atom is 0.149 e. The van der Waals surface area contributed by atoms with E-state index < -0.39 is 0 Å². The van der Waals surface area contributed by atoms with E-state index in [0.29, 0.717) is 0 Å². The predicted molar refractivity (Wildman–Crippen MR) is 231 cm³/mol. The molecule has 10 aromatic rings. The Morgan fingerprint density at radius 3 is 1.69 bits per heavy atom. The highest BCUT2D eigenvalue weighted by Gasteiger charge is 2.37. The van der Waals surface area contributed by atoms with Gasteiger partial charge >= 0.3 is 0 Å². The molecule has 1 nitrogen and oxygen atoms in total. The van der Waals surface area contributed by atoms with Gasteiger partial charge in [-0.3, -0.25) is 0 Å². The molecule has 2 aliphatic rings. The Balaban J connectivity index is 1.07. The van der Waals surface area contributed by atoms with Gasteiger partial charge in [-0.1, -0.05) is 164 Å². The monoisotopic (exact) mass is 704 g/mol. The highest BCUT2D eigenvalue weighted by Crippen LogP contribution is 2.57. The zero-order valence-electron chi connectivity index (χ0n) is 29.3. The molecule has 1 aliphatic carbocycles. The Bertz CT molecular complexity index is 3210. The van der Waals surface area contributed by atoms with E-state index in [4.69, 9.17) is 4.74 Å². The first-order valence-electron chi connectivity index (χ1n) is 18.8. The van der Waals surface area contributed by atoms with Crippen molar-refractivity contribution in [2.45, 2.75) is 12.3 Å². The SMILES string of the molecule is C1=C(c2c3ccccc3c(-c3ccc(-c4ccccc4)c4ccccc34)c3ccccc23)CC2C(=C1)Oc1c2c2ccccc2c2c1sc1ccccc12. The average molecular weight is 705 g/mol. The fourth-order valence-electron chi connectivity index (χ4n) is 9.59. The molecular formula is C52H32OS. The number of benzene rings is 9. The summed E-state index contributed by atoms with van der Waals surface area (Å²) in [6.45, 7) is 0. The molecular weight excluding hydrogens is 673 g/mol. The molecule has 2 heteroatoms. The van der Waals surface area contributed by atoms with Crippen LogP contribution in [0.15, 0.2) is 182 Å². The molecule has 1 aliphatic heterocycles. The van der Waals surface area contributed by atoms with E-state index in [1.54, 1.807) is 0 Å². The molecule has 9 aromatic carbocycles. The third-order valence-corrected chi connectivity index (χ3v) is 13.0. The number of thiophene rings is 1. The normalized spacial score (nSPS) is 15.1. The molecule has 0 fully saturated rings. The van der Waals surface area contributed by atoms with Crippen LogP contribution in [0, 0.1) is 0 Å². The van der Waals surface area contributed by atoms with Crippen LogP contribution in [0.2, 0.25) is 0 Å². The van der Waals surface area contributed by atoms with Crippen LogP contribution >= 0.6 is 11.3 Å². The van der Waals surface area contributed by atoms with Gasteiger partial charge in [-0.05, 0) is 95.0 Å². The first kappa shape index (κ1) is 30.0. The molecule has 252 valence electrons. The second-order valence-electron chi connectivity index (χ2n) is 14.6. The van der Waals surface area contributed by atoms with Crippen molar-refractivity contribution in [2.24, 2.45) is 0 Å². The standard InChI is InChI=1S/C52H32OS/c1-2-14-31(15-3-1)33-27-28-42(35-17-5-4-16-34(33)35)48-38-20-8-6-18-36(38)47(37-19-7-9-21-39(37)48)32-26-29-45-44(30-32)49-40-22-10-11-23-41(40)50-43-24-12-13-25-46(43)54-52(50)51(49)53-45/h1-29,44H,30H2. The zero-order chi connectivity index (χ0) is 35.3. The summed E-state index contributed by atoms with van der Waals surface area (Å²) in [7, 11) is 0. The minimum Gasteiger partial charge on any atom is -0.459 e. The van der Waals surface area contributed by atoms with E-state index in [1.807, 2.05) is 11.3 Å². The van der Waals surface area contributed by atoms with Crippen LogP contribution in [-0.2, 0) is 0 Å². The summed E-state index contributed by atoms with van der Waals surface area (Å²) in [4.78, 5) is 0. The number of allylic oxidation sites excluding steroid dienone is 4. The molecule has 0 saturated heterocycles. The molecule has 1 atom stereocenters. The van der Waals surface area contributed by atoms with Crippen molar-refractivity contribution in [1.29, 1.82) is 0 Å². The van der Waals surface area contributed by atoms with Gasteiger partial charge in [0.25, 0.3) is 0 Å². The molecule has 54 heavy (non-hydrogen) atoms. The second kappa shape index (κ2) is 11.5. The molecule has 12 rings (SSSR count). The van der Waals surface area contributed by atoms with Gasteiger partial charge in [0.15, 0.2) is 0 Å². The van der Waals surface area contributed by atoms with Crippen LogP contribution < -0.4 is 4.74 Å². The van der Waals surface area contributed by atoms with Crippen molar-refractivity contribution in [3.05, 3.63) is 193 Å². The van der Waals surface area contributed by atoms with Gasteiger partial charge in [-0.2, -0.15) is 0 Å². The van der Waals surface area contributed by atoms with Gasteiger partial charge in [0, 0.05) is 21.0 Å². The topological polar surface area (TPSA) is 9.23 Å². The van der Waals surface area contributed by atoms with Crippen molar-refractivity contribution < 1.29 is 4.74 Å². The average Bonchev–Trinajstić information content (AvgIpc) is 3.82. The Morgan fingerprint density at radius 2 is 0.981 bits per heavy atom. The van der Waals surface area contributed by atoms with Gasteiger partial charge in [-0.25, -0.2) is 0 Å². The highest BCUT2D eigenvalue weighted by molar-refractivity contribution is 7.26. The van der Waals surface area contributed by atoms with Gasteiger partial charge in [0.2, 0.25) is 0 Å². The second-order valence-corrected chi connectivity index (χ2v) is 15.7. The lowest BCUT2D eigenvalue weighted by atomic mass is 9.79. The molecule has 0 radical (unpaired) electrons. The summed E-state index contributed by atoms with van der Waals surface area (Å²) in [6.07, 6.45) is 5.46. The summed E-state index contributed by atoms with van der Waals surface area (Å²) in [5, 5.41) is 12.9. The lowest BCUT2D eigenvalue weighted by Gasteiger charge is -2.24. The molecule has 0 amide bonds. The summed E-state index contributed by atoms with van der Waals surface area (Å²) < 4.78 is 9.47. The van der Waals surface area contributed by atoms with Crippen LogP contribution in [0.25, 0.3) is 91.1 Å². The van der Waals surface area contributed by atoms with Crippen molar-refractivity contribution >= 4 is 80.2 Å². The number of ether oxygens (including phenoxy) is 1. The molecule has 0 N–H and O–H groups in total. The Morgan fingerprint density at radius 1 is 0.444 bits per heavy atom. The van der Waals surface area contributed by atoms with E-state index in [1.165, 1.54) is 102 Å². The fraction of sp³-hybridized carbons (Fsp3) is 0.0385. The molecule has 0 spiro atoms. The zero-order valence-corrected chi connectivity index (χ0v) is 30.2. The Labute approximate surface area is 316 Å². The van der Waals surface area contributed by atoms with Gasteiger partial charge in [0.1, 0.15) is 11.5 Å². The highest BCUT2D eigenvalue weighted by atomic mass is 32.1. The largest absolute Gasteiger partial charge is 0.459 e. The first-order valence-corrected chi connectivity index (χ1v) is 19.6. The van der Waals surface area contributed by atoms with E-state index in [0.717, 1.165) is 17.9 Å². The minimum absolute atomic E-state index is 0.145. The number of hydrogen-bond acceptors (Lipinski definition) is 2. The summed E-state index contributed by atoms with van der Waals surface area (Å²) >= 11 is 1.86. The molecule has 2 heterocycles. The smallest absolute Gasteiger partial charge is 0.149 e. The first-order chi connectivity index (χ1) is 26.8. The van der Waals surface area contributed by atoms with Crippen molar-refractivity contribution in [3.8, 4) is 28.0 Å². The Kier molecular flexibility index (Phi) is 6.40. The maximum absolute atomic E-state index is 6.91. The van der Waals surface area contributed by atoms with Crippen molar-refractivity contribution in [1.82, 2.24) is 0 Å². The third-order valence-electron chi connectivity index (χ3n) is 11.8. The Hall–Kier alpha value is -6.48. The summed E-state index contributed by atoms with van der Waals surface area (Å²) in [5.74, 6) is 2.25. The van der Waals surface area contributed by atoms with Gasteiger partial charge in [-0.15, -0.1) is 11.3 Å². The van der Waals surface area contributed by atoms with Crippen LogP contribution in [-0.4, -0.2) is 0 Å². The number of fused-ring (bicyclic) bond motifs is 13.